The molecule has 8 aliphatic rings. The molecule has 8 fully saturated rings. The zero-order chi connectivity index (χ0) is 106. The van der Waals surface area contributed by atoms with E-state index < -0.39 is 306 Å². The maximum Gasteiger partial charge on any atom is 3.00 e. The number of amides is 8. The number of carbonyl (C=O) groups is 20. The molecule has 8 amide bonds. The Morgan fingerprint density at radius 3 is 0.356 bits per heavy atom. The van der Waals surface area contributed by atoms with Crippen molar-refractivity contribution in [2.24, 2.45) is 5.41 Å². The van der Waals surface area contributed by atoms with Gasteiger partial charge in [-0.1, -0.05) is 0 Å². The molecule has 4 N–H and O–H groups in total. The normalized spacial score (nSPS) is 19.5. The van der Waals surface area contributed by atoms with Crippen molar-refractivity contribution < 1.29 is 317 Å². The smallest absolute Gasteiger partial charge is 0.549 e. The van der Waals surface area contributed by atoms with Crippen molar-refractivity contribution in [2.75, 3.05) is 367 Å². The molecule has 0 bridgehead atoms. The van der Waals surface area contributed by atoms with E-state index in [-0.39, 0.29) is 369 Å². The van der Waals surface area contributed by atoms with Crippen LogP contribution in [0.4, 0.5) is 0 Å². The Balaban J connectivity index is 0.0000116. The SMILES string of the molecule is O=C([O-])CN1CCN(CC(=O)[O-])CCN(CC(=O)N(CC(=O)NCC(CNC(=O)CN(C(=O)CN2CCN(CC(=O)[O-])CCN(CC(=O)[O-])CCN(CC(=O)[O-])CC2)C2CC2)(CNC(=O)CN(C(=O)CN2CCN(CC(=O)[O-])CCN(CC(=O)[O-])CCN(CC(=O)[O-])CC2)C2CC2)CNC(=O)CN(C(=O)CN2CCN(CC(=O)[O-])CCN(CC(=O)[O-])CCN(CC(=O)[O-])CC2)C2CC2)C2CC2)CCN(CC(=O)[O-])CC1.[Gd+3].[Gd+3].[Gd+3].[Gd+3]. The van der Waals surface area contributed by atoms with Crippen molar-refractivity contribution in [3.63, 3.8) is 0 Å². The van der Waals surface area contributed by atoms with Gasteiger partial charge in [-0.15, -0.1) is 0 Å². The molecule has 0 aromatic heterocycles. The average Bonchev–Trinajstić information content (AvgIpc) is 1.29. The van der Waals surface area contributed by atoms with E-state index in [1.165, 1.54) is 78.4 Å². The predicted octanol–water partition coefficient (Wildman–Crippen LogP) is -27.7. The van der Waals surface area contributed by atoms with E-state index in [1.807, 2.05) is 0 Å². The zero-order valence-electron chi connectivity index (χ0n) is 83.5. The van der Waals surface area contributed by atoms with Gasteiger partial charge in [0.25, 0.3) is 0 Å². The first kappa shape index (κ1) is 135. The Morgan fingerprint density at radius 2 is 0.268 bits per heavy atom. The molecular weight excluding hydrogens is 2550 g/mol. The molecule has 149 heavy (non-hydrogen) atoms. The Hall–Kier alpha value is -5.94. The molecule has 4 radical (unpaired) electrons. The van der Waals surface area contributed by atoms with Crippen molar-refractivity contribution in [1.82, 2.24) is 119 Å². The molecule has 0 spiro atoms. The monoisotopic (exact) mass is 2680 g/mol. The number of carboxylic acids is 12. The van der Waals surface area contributed by atoms with Crippen LogP contribution in [-0.2, 0) is 95.9 Å². The van der Waals surface area contributed by atoms with Gasteiger partial charge in [-0.2, -0.15) is 0 Å². The Morgan fingerprint density at radius 1 is 0.174 bits per heavy atom. The standard InChI is InChI=1S/C89H148N24O32.4Gd/c114-69(41-110(65-1-2-65)73(118)45-94-9-17-98(49-77(122)123)25-33-106(57-85(138)139)34-26-99(18-10-94)50-78(124)125)90-61-89(62-91-70(115)42-111(66-3-4-66)74(119)46-95-11-19-100(51-79(126)127)27-35-107(58-86(140)141)36-28-101(20-12-95)52-80(128)129,63-92-71(116)43-112(67-5-6-67)75(120)47-96-13-21-102(53-81(130)131)29-37-108(59-87(142)143)38-30-103(22-14-96)54-82(132)133)64-93-72(117)44-113(68-7-8-68)76(121)48-97-15-23-104(55-83(134)135)31-39-109(60-88(144)145)40-32-105(24-16-97)56-84(136)137;;;;/h65-68H,1-64H2,(H,90,114)(H,91,115)(H,92,116)(H,93,117)(H,122,123)(H,124,125)(H,126,127)(H,128,129)(H,130,131)(H,132,133)(H,134,135)(H,136,137)(H,138,139)(H,140,141)(H,142,143)(H,144,145);;;;/q;4*+3/p-12. The fraction of sp³-hybridized carbons (Fsp3) is 0.775. The fourth-order valence-corrected chi connectivity index (χ4v) is 17.8. The number of carbonyl (C=O) groups excluding carboxylic acids is 20. The third kappa shape index (κ3) is 56.5. The van der Waals surface area contributed by atoms with Crippen LogP contribution in [0.15, 0.2) is 0 Å². The minimum absolute atomic E-state index is 0. The summed E-state index contributed by atoms with van der Waals surface area (Å²) in [4.78, 5) is 294. The minimum atomic E-state index is -1.89. The van der Waals surface area contributed by atoms with Crippen LogP contribution in [0.2, 0.25) is 0 Å². The van der Waals surface area contributed by atoms with Crippen molar-refractivity contribution in [3.8, 4) is 0 Å². The van der Waals surface area contributed by atoms with Gasteiger partial charge in [0.1, 0.15) is 0 Å². The van der Waals surface area contributed by atoms with Crippen LogP contribution >= 0.6 is 0 Å². The number of hydrogen-bond acceptors (Lipinski definition) is 48. The van der Waals surface area contributed by atoms with Gasteiger partial charge in [0.15, 0.2) is 0 Å². The summed E-state index contributed by atoms with van der Waals surface area (Å²) in [5.41, 5.74) is -1.89. The fourth-order valence-electron chi connectivity index (χ4n) is 17.8. The number of nitrogens with zero attached hydrogens (tertiary/aromatic N) is 20. The van der Waals surface area contributed by atoms with Gasteiger partial charge in [-0.05, 0) is 51.4 Å². The largest absolute Gasteiger partial charge is 3.00 e. The van der Waals surface area contributed by atoms with Crippen LogP contribution in [0.25, 0.3) is 0 Å². The topological polar surface area (TPSA) is 731 Å². The molecule has 4 heterocycles. The van der Waals surface area contributed by atoms with Crippen LogP contribution in [0.5, 0.6) is 0 Å². The van der Waals surface area contributed by atoms with Gasteiger partial charge in [-0.25, -0.2) is 0 Å². The zero-order valence-corrected chi connectivity index (χ0v) is 92.6. The van der Waals surface area contributed by atoms with E-state index in [0.717, 1.165) is 0 Å². The van der Waals surface area contributed by atoms with E-state index in [9.17, 15) is 119 Å². The van der Waals surface area contributed by atoms with Crippen LogP contribution in [0, 0.1) is 165 Å². The second-order valence-corrected chi connectivity index (χ2v) is 38.5. The second kappa shape index (κ2) is 70.6. The summed E-state index contributed by atoms with van der Waals surface area (Å²) in [5.74, 6) is -23.6. The average molecular weight is 2680 g/mol. The Bertz CT molecular complexity index is 3750. The summed E-state index contributed by atoms with van der Waals surface area (Å²) in [6.45, 7) is -15.2. The molecule has 60 heteroatoms. The van der Waals surface area contributed by atoms with Gasteiger partial charge < -0.3 is 160 Å². The second-order valence-electron chi connectivity index (χ2n) is 38.5. The summed E-state index contributed by atoms with van der Waals surface area (Å²) >= 11 is 0. The van der Waals surface area contributed by atoms with Gasteiger partial charge in [0.05, 0.1) is 124 Å². The number of aliphatic carboxylic acids is 12. The molecule has 0 unspecified atom stereocenters. The van der Waals surface area contributed by atoms with Crippen LogP contribution in [0.3, 0.4) is 0 Å². The van der Waals surface area contributed by atoms with Crippen molar-refractivity contribution in [1.29, 1.82) is 0 Å². The summed E-state index contributed by atoms with van der Waals surface area (Å²) in [7, 11) is 0. The van der Waals surface area contributed by atoms with Crippen molar-refractivity contribution >= 4 is 119 Å². The first-order valence-corrected chi connectivity index (χ1v) is 49.1. The van der Waals surface area contributed by atoms with Crippen molar-refractivity contribution in [2.45, 2.75) is 75.5 Å². The molecule has 0 atom stereocenters. The predicted molar refractivity (Wildman–Crippen MR) is 477 cm³/mol. The van der Waals surface area contributed by atoms with Crippen LogP contribution < -0.4 is 82.5 Å². The molecule has 56 nitrogen and oxygen atoms in total. The third-order valence-corrected chi connectivity index (χ3v) is 26.5. The minimum Gasteiger partial charge on any atom is -0.549 e. The van der Waals surface area contributed by atoms with E-state index in [0.29, 0.717) is 51.4 Å². The summed E-state index contributed by atoms with van der Waals surface area (Å²) in [6.07, 6.45) is 3.18. The molecule has 836 valence electrons. The van der Waals surface area contributed by atoms with Crippen LogP contribution in [-0.4, -0.2) is 608 Å². The molecule has 4 aliphatic carbocycles. The number of hydrogen-bond donors (Lipinski definition) is 4. The first-order chi connectivity index (χ1) is 68.8. The molecule has 4 saturated heterocycles. The van der Waals surface area contributed by atoms with Gasteiger partial charge in [-0.3, -0.25) is 117 Å². The van der Waals surface area contributed by atoms with E-state index in [4.69, 9.17) is 0 Å². The molecule has 8 rings (SSSR count). The molecule has 4 aliphatic heterocycles. The maximum absolute atomic E-state index is 15.2. The number of carboxylic acid groups (broad SMARTS) is 12. The number of rotatable bonds is 52. The van der Waals surface area contributed by atoms with Gasteiger partial charge in [0.2, 0.25) is 47.3 Å². The molecule has 0 aromatic carbocycles. The van der Waals surface area contributed by atoms with E-state index in [1.54, 1.807) is 19.6 Å². The van der Waals surface area contributed by atoms with Gasteiger partial charge in [0, 0.05) is 344 Å². The molecular formula is C89H136Gd4N24O32. The van der Waals surface area contributed by atoms with Crippen LogP contribution in [0.1, 0.15) is 51.4 Å². The maximum atomic E-state index is 15.2. The quantitative estimate of drug-likeness (QED) is 0.0439. The van der Waals surface area contributed by atoms with E-state index in [2.05, 4.69) is 21.3 Å². The first-order valence-electron chi connectivity index (χ1n) is 49.1. The third-order valence-electron chi connectivity index (χ3n) is 26.5. The molecule has 4 saturated carbocycles. The van der Waals surface area contributed by atoms with Crippen molar-refractivity contribution in [3.05, 3.63) is 0 Å². The summed E-state index contributed by atoms with van der Waals surface area (Å²) in [5, 5.41) is 156. The summed E-state index contributed by atoms with van der Waals surface area (Å²) < 4.78 is 0. The Labute approximate surface area is 992 Å². The van der Waals surface area contributed by atoms with Gasteiger partial charge >= 0.3 is 160 Å². The summed E-state index contributed by atoms with van der Waals surface area (Å²) in [6, 6.07) is -2.21. The van der Waals surface area contributed by atoms with E-state index >= 15 is 38.4 Å². The molecule has 0 aromatic rings. The Kier molecular flexibility index (Phi) is 64.1. The number of nitrogens with one attached hydrogen (secondary N) is 4.